The third kappa shape index (κ3) is 1.69. The van der Waals surface area contributed by atoms with Gasteiger partial charge in [-0.25, -0.2) is 9.80 Å². The van der Waals surface area contributed by atoms with E-state index in [1.165, 1.54) is 10.0 Å². The second kappa shape index (κ2) is 3.87. The van der Waals surface area contributed by atoms with Crippen LogP contribution in [0.5, 0.6) is 0 Å². The highest BCUT2D eigenvalue weighted by atomic mass is 35.5. The number of rotatable bonds is 1. The summed E-state index contributed by atoms with van der Waals surface area (Å²) in [4.78, 5) is 24.4. The summed E-state index contributed by atoms with van der Waals surface area (Å²) in [6.07, 6.45) is 0.0601. The Bertz CT molecular complexity index is 560. The molecule has 0 N–H and O–H groups in total. The Kier molecular flexibility index (Phi) is 2.50. The van der Waals surface area contributed by atoms with Crippen LogP contribution in [-0.2, 0) is 9.53 Å². The summed E-state index contributed by atoms with van der Waals surface area (Å²) in [5.74, 6) is -0.103. The molecule has 1 aromatic rings. The number of benzene rings is 1. The van der Waals surface area contributed by atoms with Gasteiger partial charge in [-0.05, 0) is 24.3 Å². The van der Waals surface area contributed by atoms with Crippen LogP contribution in [0.25, 0.3) is 0 Å². The van der Waals surface area contributed by atoms with Crippen molar-refractivity contribution < 1.29 is 14.3 Å². The SMILES string of the molecule is CC1CC12OC(=O)N(c1ccc(Cl)cc1)N(C)C2=O. The van der Waals surface area contributed by atoms with Crippen LogP contribution in [0.4, 0.5) is 10.5 Å². The molecule has 2 aliphatic rings. The number of halogens is 1. The first-order valence-corrected chi connectivity index (χ1v) is 6.40. The lowest BCUT2D eigenvalue weighted by Crippen LogP contribution is -2.59. The van der Waals surface area contributed by atoms with Gasteiger partial charge in [0, 0.05) is 24.4 Å². The summed E-state index contributed by atoms with van der Waals surface area (Å²) in [6.45, 7) is 1.90. The topological polar surface area (TPSA) is 49.9 Å². The van der Waals surface area contributed by atoms with E-state index in [1.54, 1.807) is 31.3 Å². The monoisotopic (exact) mass is 280 g/mol. The fourth-order valence-electron chi connectivity index (χ4n) is 2.43. The number of carbonyl (C=O) groups is 2. The van der Waals surface area contributed by atoms with E-state index in [2.05, 4.69) is 0 Å². The second-order valence-corrected chi connectivity index (χ2v) is 5.42. The van der Waals surface area contributed by atoms with Crippen LogP contribution >= 0.6 is 11.6 Å². The molecular formula is C13H13ClN2O3. The van der Waals surface area contributed by atoms with Gasteiger partial charge in [-0.3, -0.25) is 4.79 Å². The standard InChI is InChI=1S/C13H13ClN2O3/c1-8-7-13(8)11(17)15(2)16(12(18)19-13)10-5-3-9(14)4-6-10/h3-6,8H,7H2,1-2H3. The number of anilines is 1. The van der Waals surface area contributed by atoms with E-state index in [4.69, 9.17) is 16.3 Å². The van der Waals surface area contributed by atoms with Crippen molar-refractivity contribution in [2.45, 2.75) is 18.9 Å². The van der Waals surface area contributed by atoms with Crippen LogP contribution in [0, 0.1) is 5.92 Å². The van der Waals surface area contributed by atoms with Gasteiger partial charge in [0.2, 0.25) is 0 Å². The highest BCUT2D eigenvalue weighted by molar-refractivity contribution is 6.30. The van der Waals surface area contributed by atoms with E-state index in [9.17, 15) is 9.59 Å². The number of hydrogen-bond donors (Lipinski definition) is 0. The summed E-state index contributed by atoms with van der Waals surface area (Å²) in [6, 6.07) is 6.66. The van der Waals surface area contributed by atoms with Gasteiger partial charge in [0.15, 0.2) is 5.60 Å². The van der Waals surface area contributed by atoms with Gasteiger partial charge >= 0.3 is 6.09 Å². The molecule has 3 rings (SSSR count). The van der Waals surface area contributed by atoms with Crippen LogP contribution in [-0.4, -0.2) is 29.7 Å². The van der Waals surface area contributed by atoms with Gasteiger partial charge in [0.25, 0.3) is 5.91 Å². The molecule has 5 nitrogen and oxygen atoms in total. The summed E-state index contributed by atoms with van der Waals surface area (Å²) >= 11 is 5.81. The van der Waals surface area contributed by atoms with Crippen LogP contribution in [0.1, 0.15) is 13.3 Å². The van der Waals surface area contributed by atoms with E-state index >= 15 is 0 Å². The summed E-state index contributed by atoms with van der Waals surface area (Å²) in [7, 11) is 1.57. The predicted octanol–water partition coefficient (Wildman–Crippen LogP) is 2.45. The first-order valence-electron chi connectivity index (χ1n) is 6.02. The Morgan fingerprint density at radius 3 is 2.42 bits per heavy atom. The van der Waals surface area contributed by atoms with Crippen LogP contribution in [0.15, 0.2) is 24.3 Å². The largest absolute Gasteiger partial charge is 0.434 e. The van der Waals surface area contributed by atoms with Crippen molar-refractivity contribution in [3.05, 3.63) is 29.3 Å². The van der Waals surface area contributed by atoms with Crippen molar-refractivity contribution in [3.8, 4) is 0 Å². The summed E-state index contributed by atoms with van der Waals surface area (Å²) in [5.41, 5.74) is -0.386. The van der Waals surface area contributed by atoms with E-state index < -0.39 is 11.7 Å². The Hall–Kier alpha value is -1.75. The molecule has 100 valence electrons. The molecule has 1 spiro atoms. The van der Waals surface area contributed by atoms with Crippen LogP contribution in [0.2, 0.25) is 5.02 Å². The molecule has 1 aromatic carbocycles. The maximum atomic E-state index is 12.3. The van der Waals surface area contributed by atoms with Gasteiger partial charge in [-0.15, -0.1) is 0 Å². The Labute approximate surface area is 115 Å². The molecule has 1 aliphatic heterocycles. The molecule has 6 heteroatoms. The molecule has 1 aliphatic carbocycles. The molecule has 2 unspecified atom stereocenters. The van der Waals surface area contributed by atoms with E-state index in [-0.39, 0.29) is 11.8 Å². The van der Waals surface area contributed by atoms with Gasteiger partial charge in [-0.2, -0.15) is 5.01 Å². The summed E-state index contributed by atoms with van der Waals surface area (Å²) in [5, 5.41) is 3.10. The lowest BCUT2D eigenvalue weighted by atomic mass is 10.2. The highest BCUT2D eigenvalue weighted by Gasteiger charge is 2.66. The molecule has 19 heavy (non-hydrogen) atoms. The molecule has 2 atom stereocenters. The number of ether oxygens (including phenoxy) is 1. The fraction of sp³-hybridized carbons (Fsp3) is 0.385. The van der Waals surface area contributed by atoms with Crippen LogP contribution in [0.3, 0.4) is 0 Å². The lowest BCUT2D eigenvalue weighted by molar-refractivity contribution is -0.147. The van der Waals surface area contributed by atoms with E-state index in [0.29, 0.717) is 17.1 Å². The third-order valence-electron chi connectivity index (χ3n) is 3.71. The minimum absolute atomic E-state index is 0.0822. The van der Waals surface area contributed by atoms with Crippen LogP contribution < -0.4 is 5.01 Å². The highest BCUT2D eigenvalue weighted by Crippen LogP contribution is 2.50. The van der Waals surface area contributed by atoms with Crippen molar-refractivity contribution in [2.75, 3.05) is 12.1 Å². The molecule has 1 heterocycles. The molecule has 2 fully saturated rings. The second-order valence-electron chi connectivity index (χ2n) is 4.98. The Balaban J connectivity index is 1.93. The minimum atomic E-state index is -0.936. The number of amides is 2. The lowest BCUT2D eigenvalue weighted by Gasteiger charge is -2.39. The number of nitrogens with zero attached hydrogens (tertiary/aromatic N) is 2. The maximum Gasteiger partial charge on any atom is 0.434 e. The normalized spacial score (nSPS) is 29.7. The fourth-order valence-corrected chi connectivity index (χ4v) is 2.55. The average Bonchev–Trinajstić information content (AvgIpc) is 3.00. The van der Waals surface area contributed by atoms with Gasteiger partial charge in [0.05, 0.1) is 5.69 Å². The third-order valence-corrected chi connectivity index (χ3v) is 3.97. The minimum Gasteiger partial charge on any atom is -0.431 e. The van der Waals surface area contributed by atoms with E-state index in [0.717, 1.165) is 0 Å². The number of hydrazine groups is 1. The van der Waals surface area contributed by atoms with E-state index in [1.807, 2.05) is 6.92 Å². The Morgan fingerprint density at radius 1 is 1.32 bits per heavy atom. The Morgan fingerprint density at radius 2 is 1.89 bits per heavy atom. The van der Waals surface area contributed by atoms with Crippen molar-refractivity contribution in [2.24, 2.45) is 5.92 Å². The van der Waals surface area contributed by atoms with Crippen molar-refractivity contribution >= 4 is 29.3 Å². The van der Waals surface area contributed by atoms with Crippen molar-refractivity contribution in [1.82, 2.24) is 5.01 Å². The maximum absolute atomic E-state index is 12.3. The van der Waals surface area contributed by atoms with Gasteiger partial charge in [0.1, 0.15) is 0 Å². The zero-order valence-corrected chi connectivity index (χ0v) is 11.3. The number of carbonyl (C=O) groups excluding carboxylic acids is 2. The molecule has 0 aromatic heterocycles. The van der Waals surface area contributed by atoms with Crippen molar-refractivity contribution in [3.63, 3.8) is 0 Å². The smallest absolute Gasteiger partial charge is 0.431 e. The molecule has 0 radical (unpaired) electrons. The first-order chi connectivity index (χ1) is 8.95. The molecule has 1 saturated heterocycles. The number of hydrogen-bond acceptors (Lipinski definition) is 3. The van der Waals surface area contributed by atoms with Gasteiger partial charge in [-0.1, -0.05) is 18.5 Å². The summed E-state index contributed by atoms with van der Waals surface area (Å²) < 4.78 is 5.34. The van der Waals surface area contributed by atoms with Gasteiger partial charge < -0.3 is 4.74 Å². The zero-order chi connectivity index (χ0) is 13.8. The molecule has 1 saturated carbocycles. The zero-order valence-electron chi connectivity index (χ0n) is 10.6. The average molecular weight is 281 g/mol. The predicted molar refractivity (Wildman–Crippen MR) is 69.7 cm³/mol. The molecule has 0 bridgehead atoms. The quantitative estimate of drug-likeness (QED) is 0.794. The first kappa shape index (κ1) is 12.3. The number of likely N-dealkylation sites (N-methyl/N-ethyl adjacent to an activating group) is 1. The molecule has 2 amide bonds. The van der Waals surface area contributed by atoms with Crippen molar-refractivity contribution in [1.29, 1.82) is 0 Å². The molecular weight excluding hydrogens is 268 g/mol.